The summed E-state index contributed by atoms with van der Waals surface area (Å²) in [5.41, 5.74) is 2.38. The molecule has 1 fully saturated rings. The second kappa shape index (κ2) is 10.8. The molecule has 3 rings (SSSR count). The molecular formula is C23H26BrClN2O4S. The number of amides is 1. The molecule has 0 radical (unpaired) electrons. The number of morpholine rings is 1. The topological polar surface area (TPSA) is 60.0 Å². The number of nitrogens with zero attached hydrogens (tertiary/aromatic N) is 1. The molecule has 1 saturated heterocycles. The van der Waals surface area contributed by atoms with E-state index in [1.165, 1.54) is 0 Å². The van der Waals surface area contributed by atoms with E-state index in [-0.39, 0.29) is 24.7 Å². The summed E-state index contributed by atoms with van der Waals surface area (Å²) >= 11 is 15.3. The van der Waals surface area contributed by atoms with Gasteiger partial charge in [0, 0.05) is 29.4 Å². The van der Waals surface area contributed by atoms with Crippen molar-refractivity contribution in [2.75, 3.05) is 32.1 Å². The van der Waals surface area contributed by atoms with Gasteiger partial charge in [-0.3, -0.25) is 4.79 Å². The number of rotatable bonds is 6. The van der Waals surface area contributed by atoms with Gasteiger partial charge in [0.15, 0.2) is 18.1 Å². The SMILES string of the molecule is COc1cc(C(=S)N2C[C@H](C)O[C@@H](C)C2)cc(Br)c1OCC(=O)Nc1cc(Cl)ccc1C. The van der Waals surface area contributed by atoms with Crippen LogP contribution in [0.3, 0.4) is 0 Å². The van der Waals surface area contributed by atoms with Gasteiger partial charge in [-0.05, 0) is 66.5 Å². The third-order valence-corrected chi connectivity index (χ3v) is 6.32. The van der Waals surface area contributed by atoms with Crippen molar-refractivity contribution in [3.8, 4) is 11.5 Å². The van der Waals surface area contributed by atoms with Crippen LogP contribution in [0.5, 0.6) is 11.5 Å². The summed E-state index contributed by atoms with van der Waals surface area (Å²) in [7, 11) is 1.55. The van der Waals surface area contributed by atoms with Crippen molar-refractivity contribution in [2.45, 2.75) is 33.0 Å². The molecule has 1 aliphatic rings. The summed E-state index contributed by atoms with van der Waals surface area (Å²) in [5, 5.41) is 3.36. The van der Waals surface area contributed by atoms with Crippen molar-refractivity contribution in [3.63, 3.8) is 0 Å². The fourth-order valence-corrected chi connectivity index (χ4v) is 4.56. The maximum Gasteiger partial charge on any atom is 0.262 e. The maximum atomic E-state index is 12.4. The minimum atomic E-state index is -0.305. The van der Waals surface area contributed by atoms with Crippen LogP contribution in [-0.4, -0.2) is 54.8 Å². The Kier molecular flexibility index (Phi) is 8.38. The number of nitrogens with one attached hydrogen (secondary N) is 1. The van der Waals surface area contributed by atoms with Gasteiger partial charge >= 0.3 is 0 Å². The summed E-state index contributed by atoms with van der Waals surface area (Å²) in [6, 6.07) is 9.02. The van der Waals surface area contributed by atoms with Gasteiger partial charge in [-0.25, -0.2) is 0 Å². The van der Waals surface area contributed by atoms with Crippen LogP contribution in [0.4, 0.5) is 5.69 Å². The first kappa shape index (κ1) is 24.8. The zero-order chi connectivity index (χ0) is 23.4. The van der Waals surface area contributed by atoms with Crippen LogP contribution in [0.15, 0.2) is 34.8 Å². The lowest BCUT2D eigenvalue weighted by molar-refractivity contribution is -0.118. The van der Waals surface area contributed by atoms with Crippen molar-refractivity contribution in [1.82, 2.24) is 4.90 Å². The molecule has 9 heteroatoms. The molecule has 0 bridgehead atoms. The summed E-state index contributed by atoms with van der Waals surface area (Å²) in [6.45, 7) is 7.23. The van der Waals surface area contributed by atoms with Gasteiger partial charge in [0.05, 0.1) is 23.8 Å². The number of hydrogen-bond acceptors (Lipinski definition) is 5. The highest BCUT2D eigenvalue weighted by atomic mass is 79.9. The van der Waals surface area contributed by atoms with Crippen molar-refractivity contribution >= 4 is 56.3 Å². The third-order valence-electron chi connectivity index (χ3n) is 5.00. The molecule has 0 saturated carbocycles. The van der Waals surface area contributed by atoms with Crippen LogP contribution in [0, 0.1) is 6.92 Å². The monoisotopic (exact) mass is 540 g/mol. The van der Waals surface area contributed by atoms with Gasteiger partial charge in [0.25, 0.3) is 5.91 Å². The predicted octanol–water partition coefficient (Wildman–Crippen LogP) is 5.22. The van der Waals surface area contributed by atoms with Gasteiger partial charge in [-0.15, -0.1) is 0 Å². The molecule has 0 spiro atoms. The van der Waals surface area contributed by atoms with Gasteiger partial charge < -0.3 is 24.4 Å². The normalized spacial score (nSPS) is 18.2. The number of carbonyl (C=O) groups is 1. The van der Waals surface area contributed by atoms with Crippen molar-refractivity contribution in [1.29, 1.82) is 0 Å². The summed E-state index contributed by atoms with van der Waals surface area (Å²) < 4.78 is 17.8. The Morgan fingerprint density at radius 1 is 1.28 bits per heavy atom. The van der Waals surface area contributed by atoms with Crippen LogP contribution in [0.25, 0.3) is 0 Å². The van der Waals surface area contributed by atoms with Crippen LogP contribution >= 0.6 is 39.7 Å². The molecule has 2 atom stereocenters. The molecule has 1 heterocycles. The number of hydrogen-bond donors (Lipinski definition) is 1. The smallest absolute Gasteiger partial charge is 0.262 e. The first-order chi connectivity index (χ1) is 15.2. The molecule has 1 amide bonds. The van der Waals surface area contributed by atoms with E-state index >= 15 is 0 Å². The van der Waals surface area contributed by atoms with Crippen LogP contribution in [-0.2, 0) is 9.53 Å². The molecular weight excluding hydrogens is 516 g/mol. The van der Waals surface area contributed by atoms with Crippen LogP contribution in [0.2, 0.25) is 5.02 Å². The highest BCUT2D eigenvalue weighted by Crippen LogP contribution is 2.37. The lowest BCUT2D eigenvalue weighted by Crippen LogP contribution is -2.47. The summed E-state index contributed by atoms with van der Waals surface area (Å²) in [5.74, 6) is 0.610. The number of halogens is 2. The molecule has 0 unspecified atom stereocenters. The average molecular weight is 542 g/mol. The van der Waals surface area contributed by atoms with Crippen molar-refractivity contribution in [2.24, 2.45) is 0 Å². The Hall–Kier alpha value is -1.87. The number of benzene rings is 2. The van der Waals surface area contributed by atoms with Gasteiger partial charge in [-0.1, -0.05) is 29.9 Å². The van der Waals surface area contributed by atoms with Gasteiger partial charge in [0.2, 0.25) is 0 Å². The Bertz CT molecular complexity index is 1010. The number of methoxy groups -OCH3 is 1. The highest BCUT2D eigenvalue weighted by Gasteiger charge is 2.26. The Balaban J connectivity index is 1.71. The first-order valence-electron chi connectivity index (χ1n) is 10.2. The zero-order valence-corrected chi connectivity index (χ0v) is 21.6. The van der Waals surface area contributed by atoms with E-state index in [1.807, 2.05) is 39.0 Å². The van der Waals surface area contributed by atoms with E-state index in [0.29, 0.717) is 31.7 Å². The van der Waals surface area contributed by atoms with E-state index < -0.39 is 0 Å². The number of aryl methyl sites for hydroxylation is 1. The Morgan fingerprint density at radius 3 is 2.62 bits per heavy atom. The Morgan fingerprint density at radius 2 is 1.97 bits per heavy atom. The Labute approximate surface area is 207 Å². The number of carbonyl (C=O) groups excluding carboxylic acids is 1. The minimum absolute atomic E-state index is 0.103. The fourth-order valence-electron chi connectivity index (χ4n) is 3.56. The van der Waals surface area contributed by atoms with Gasteiger partial charge in [0.1, 0.15) is 4.99 Å². The zero-order valence-electron chi connectivity index (χ0n) is 18.4. The predicted molar refractivity (Wildman–Crippen MR) is 134 cm³/mol. The molecule has 2 aromatic carbocycles. The molecule has 0 aliphatic carbocycles. The third kappa shape index (κ3) is 6.13. The second-order valence-electron chi connectivity index (χ2n) is 7.75. The molecule has 6 nitrogen and oxygen atoms in total. The van der Waals surface area contributed by atoms with E-state index in [0.717, 1.165) is 24.2 Å². The highest BCUT2D eigenvalue weighted by molar-refractivity contribution is 9.10. The molecule has 32 heavy (non-hydrogen) atoms. The lowest BCUT2D eigenvalue weighted by atomic mass is 10.1. The standard InChI is InChI=1S/C23H26BrClN2O4S/c1-13-5-6-17(25)9-19(13)26-21(28)12-30-22-18(24)7-16(8-20(22)29-4)23(32)27-10-14(2)31-15(3)11-27/h5-9,14-15H,10-12H2,1-4H3,(H,26,28)/t14-,15-/m0/s1. The number of thiocarbonyl (C=S) groups is 1. The quantitative estimate of drug-likeness (QED) is 0.506. The molecule has 172 valence electrons. The molecule has 1 aliphatic heterocycles. The van der Waals surface area contributed by atoms with Crippen molar-refractivity contribution < 1.29 is 19.0 Å². The minimum Gasteiger partial charge on any atom is -0.493 e. The summed E-state index contributed by atoms with van der Waals surface area (Å²) in [6.07, 6.45) is 0.206. The molecule has 2 aromatic rings. The maximum absolute atomic E-state index is 12.4. The number of ether oxygens (including phenoxy) is 3. The first-order valence-corrected chi connectivity index (χ1v) is 11.8. The fraction of sp³-hybridized carbons (Fsp3) is 0.391. The second-order valence-corrected chi connectivity index (χ2v) is 9.43. The van der Waals surface area contributed by atoms with Crippen molar-refractivity contribution in [3.05, 3.63) is 51.0 Å². The summed E-state index contributed by atoms with van der Waals surface area (Å²) in [4.78, 5) is 15.3. The number of anilines is 1. The average Bonchev–Trinajstić information content (AvgIpc) is 2.73. The van der Waals surface area contributed by atoms with Crippen LogP contribution in [0.1, 0.15) is 25.0 Å². The van der Waals surface area contributed by atoms with Crippen LogP contribution < -0.4 is 14.8 Å². The lowest BCUT2D eigenvalue weighted by Gasteiger charge is -2.37. The van der Waals surface area contributed by atoms with Gasteiger partial charge in [-0.2, -0.15) is 0 Å². The van der Waals surface area contributed by atoms with E-state index in [2.05, 4.69) is 26.1 Å². The molecule has 1 N–H and O–H groups in total. The van der Waals surface area contributed by atoms with E-state index in [9.17, 15) is 4.79 Å². The largest absolute Gasteiger partial charge is 0.493 e. The van der Waals surface area contributed by atoms with E-state index in [4.69, 9.17) is 38.0 Å². The molecule has 0 aromatic heterocycles. The van der Waals surface area contributed by atoms with E-state index in [1.54, 1.807) is 19.2 Å².